The number of hydrogen-bond donors (Lipinski definition) is 1. The number of imide groups is 1. The molecule has 0 bridgehead atoms. The second-order valence-corrected chi connectivity index (χ2v) is 8.94. The largest absolute Gasteiger partial charge is 0.495 e. The van der Waals surface area contributed by atoms with E-state index in [9.17, 15) is 28.9 Å². The maximum absolute atomic E-state index is 14.3. The van der Waals surface area contributed by atoms with Crippen molar-refractivity contribution < 1.29 is 28.4 Å². The van der Waals surface area contributed by atoms with E-state index in [1.54, 1.807) is 0 Å². The lowest BCUT2D eigenvalue weighted by atomic mass is 9.75. The molecule has 0 aromatic heterocycles. The van der Waals surface area contributed by atoms with Crippen LogP contribution < -0.4 is 15.0 Å². The second-order valence-electron chi connectivity index (χ2n) is 8.94. The van der Waals surface area contributed by atoms with E-state index in [1.807, 2.05) is 4.90 Å². The van der Waals surface area contributed by atoms with Gasteiger partial charge in [-0.2, -0.15) is 0 Å². The summed E-state index contributed by atoms with van der Waals surface area (Å²) in [6.07, 6.45) is 1.31. The minimum absolute atomic E-state index is 0.0429. The Kier molecular flexibility index (Phi) is 4.16. The first kappa shape index (κ1) is 20.7. The molecule has 0 aliphatic carbocycles. The van der Waals surface area contributed by atoms with Crippen molar-refractivity contribution in [2.75, 3.05) is 23.9 Å². The fourth-order valence-electron chi connectivity index (χ4n) is 6.38. The molecule has 0 radical (unpaired) electrons. The third kappa shape index (κ3) is 2.34. The highest BCUT2D eigenvalue weighted by Crippen LogP contribution is 2.61. The molecule has 4 aliphatic heterocycles. The number of benzene rings is 2. The number of halogens is 1. The van der Waals surface area contributed by atoms with Crippen LogP contribution in [0.25, 0.3) is 0 Å². The zero-order valence-corrected chi connectivity index (χ0v) is 18.0. The van der Waals surface area contributed by atoms with Crippen LogP contribution in [-0.2, 0) is 19.9 Å². The molecule has 3 saturated heterocycles. The van der Waals surface area contributed by atoms with Crippen LogP contribution in [0.2, 0.25) is 0 Å². The van der Waals surface area contributed by atoms with Crippen molar-refractivity contribution >= 4 is 34.8 Å². The first-order chi connectivity index (χ1) is 16.3. The van der Waals surface area contributed by atoms with Crippen LogP contribution in [0.3, 0.4) is 0 Å². The van der Waals surface area contributed by atoms with Crippen molar-refractivity contribution in [2.45, 2.75) is 24.4 Å². The van der Waals surface area contributed by atoms with E-state index >= 15 is 0 Å². The Morgan fingerprint density at radius 1 is 1.18 bits per heavy atom. The van der Waals surface area contributed by atoms with Gasteiger partial charge in [0.05, 0.1) is 23.9 Å². The molecule has 1 N–H and O–H groups in total. The highest BCUT2D eigenvalue weighted by atomic mass is 19.1. The van der Waals surface area contributed by atoms with Gasteiger partial charge in [0.2, 0.25) is 17.7 Å². The maximum Gasteiger partial charge on any atom is 0.271 e. The number of carbonyl (C=O) groups is 3. The minimum Gasteiger partial charge on any atom is -0.495 e. The van der Waals surface area contributed by atoms with E-state index in [4.69, 9.17) is 4.74 Å². The predicted molar refractivity (Wildman–Crippen MR) is 116 cm³/mol. The summed E-state index contributed by atoms with van der Waals surface area (Å²) in [5, 5.41) is 14.1. The maximum atomic E-state index is 14.3. The van der Waals surface area contributed by atoms with Crippen molar-refractivity contribution in [2.24, 2.45) is 11.8 Å². The van der Waals surface area contributed by atoms with Gasteiger partial charge in [-0.1, -0.05) is 0 Å². The van der Waals surface area contributed by atoms with Gasteiger partial charge >= 0.3 is 0 Å². The lowest BCUT2D eigenvalue weighted by Gasteiger charge is -2.36. The van der Waals surface area contributed by atoms with Crippen molar-refractivity contribution in [3.8, 4) is 5.75 Å². The van der Waals surface area contributed by atoms with Crippen LogP contribution in [-0.4, -0.2) is 47.2 Å². The van der Waals surface area contributed by atoms with E-state index < -0.39 is 51.9 Å². The van der Waals surface area contributed by atoms with Crippen LogP contribution in [0.15, 0.2) is 36.4 Å². The Bertz CT molecular complexity index is 1310. The van der Waals surface area contributed by atoms with Crippen molar-refractivity contribution in [1.82, 2.24) is 4.90 Å². The summed E-state index contributed by atoms with van der Waals surface area (Å²) < 4.78 is 19.6. The van der Waals surface area contributed by atoms with Gasteiger partial charge in [-0.25, -0.2) is 9.29 Å². The van der Waals surface area contributed by atoms with Crippen molar-refractivity contribution in [1.29, 1.82) is 0 Å². The summed E-state index contributed by atoms with van der Waals surface area (Å²) in [4.78, 5) is 54.8. The van der Waals surface area contributed by atoms with Crippen LogP contribution in [0.4, 0.5) is 21.5 Å². The summed E-state index contributed by atoms with van der Waals surface area (Å²) in [6, 6.07) is 7.21. The number of hydrogen-bond acceptors (Lipinski definition) is 7. The Labute approximate surface area is 192 Å². The SMILES string of the molecule is COc1ccc([N+](=O)[O-])cc1N1C(=O)[C@@H]2[C@H]3CCCN3[C@@]3(C(=O)Nc4ccc(F)cc43)[C@@H]2C1=O. The predicted octanol–water partition coefficient (Wildman–Crippen LogP) is 2.17. The molecule has 4 heterocycles. The van der Waals surface area contributed by atoms with Gasteiger partial charge in [0.1, 0.15) is 22.8 Å². The van der Waals surface area contributed by atoms with Gasteiger partial charge in [0.25, 0.3) is 5.69 Å². The molecule has 10 nitrogen and oxygen atoms in total. The quantitative estimate of drug-likeness (QED) is 0.418. The number of rotatable bonds is 3. The third-order valence-electron chi connectivity index (χ3n) is 7.57. The molecular weight excluding hydrogens is 447 g/mol. The lowest BCUT2D eigenvalue weighted by Crippen LogP contribution is -2.54. The average Bonchev–Trinajstić information content (AvgIpc) is 3.52. The van der Waals surface area contributed by atoms with Crippen LogP contribution in [0.5, 0.6) is 5.75 Å². The number of nitro groups is 1. The number of ether oxygens (including phenoxy) is 1. The monoisotopic (exact) mass is 466 g/mol. The van der Waals surface area contributed by atoms with Gasteiger partial charge in [-0.05, 0) is 43.7 Å². The first-order valence-corrected chi connectivity index (χ1v) is 10.9. The number of carbonyl (C=O) groups excluding carboxylic acids is 3. The van der Waals surface area contributed by atoms with Crippen LogP contribution in [0, 0.1) is 27.8 Å². The number of nitro benzene ring substituents is 1. The summed E-state index contributed by atoms with van der Waals surface area (Å²) in [7, 11) is 1.33. The van der Waals surface area contributed by atoms with E-state index in [2.05, 4.69) is 5.32 Å². The number of nitrogens with one attached hydrogen (secondary N) is 1. The molecule has 3 amide bonds. The van der Waals surface area contributed by atoms with E-state index in [0.717, 1.165) is 17.4 Å². The molecule has 2 aromatic rings. The lowest BCUT2D eigenvalue weighted by molar-refractivity contribution is -0.384. The smallest absolute Gasteiger partial charge is 0.271 e. The third-order valence-corrected chi connectivity index (χ3v) is 7.57. The summed E-state index contributed by atoms with van der Waals surface area (Å²) in [6.45, 7) is 0.488. The Hall–Kier alpha value is -3.86. The molecule has 1 spiro atoms. The van der Waals surface area contributed by atoms with Gasteiger partial charge < -0.3 is 10.1 Å². The average molecular weight is 466 g/mol. The molecule has 0 saturated carbocycles. The highest BCUT2D eigenvalue weighted by molar-refractivity contribution is 6.26. The second kappa shape index (κ2) is 6.83. The van der Waals surface area contributed by atoms with Crippen molar-refractivity contribution in [3.63, 3.8) is 0 Å². The zero-order chi connectivity index (χ0) is 23.9. The van der Waals surface area contributed by atoms with E-state index in [1.165, 1.54) is 37.4 Å². The summed E-state index contributed by atoms with van der Waals surface area (Å²) in [5.41, 5.74) is -1.13. The molecule has 4 aliphatic rings. The van der Waals surface area contributed by atoms with Crippen LogP contribution in [0.1, 0.15) is 18.4 Å². The number of fused-ring (bicyclic) bond motifs is 7. The van der Waals surface area contributed by atoms with Gasteiger partial charge in [0, 0.05) is 29.4 Å². The summed E-state index contributed by atoms with van der Waals surface area (Å²) >= 11 is 0. The fraction of sp³-hybridized carbons (Fsp3) is 0.348. The molecule has 3 fully saturated rings. The minimum atomic E-state index is -1.53. The van der Waals surface area contributed by atoms with E-state index in [-0.39, 0.29) is 17.1 Å². The number of amides is 3. The Balaban J connectivity index is 1.56. The number of non-ortho nitro benzene ring substituents is 1. The molecule has 2 aromatic carbocycles. The van der Waals surface area contributed by atoms with Gasteiger partial charge in [-0.15, -0.1) is 0 Å². The topological polar surface area (TPSA) is 122 Å². The Morgan fingerprint density at radius 2 is 1.97 bits per heavy atom. The van der Waals surface area contributed by atoms with Crippen molar-refractivity contribution in [3.05, 3.63) is 57.9 Å². The molecule has 6 rings (SSSR count). The number of anilines is 2. The standard InChI is InChI=1S/C23H19FN4O6/c1-34-17-7-5-12(28(32)33)10-16(17)27-20(29)18-15-3-2-8-26(15)23(19(18)21(27)30)13-9-11(24)4-6-14(13)25-22(23)31/h4-7,9-10,15,18-19H,2-3,8H2,1H3,(H,25,31)/t15-,18-,19+,23-/m1/s1. The molecule has 4 atom stereocenters. The molecule has 11 heteroatoms. The molecule has 0 unspecified atom stereocenters. The fourth-order valence-corrected chi connectivity index (χ4v) is 6.38. The zero-order valence-electron chi connectivity index (χ0n) is 18.0. The number of methoxy groups -OCH3 is 1. The van der Waals surface area contributed by atoms with Gasteiger partial charge in [0.15, 0.2) is 0 Å². The molecule has 174 valence electrons. The summed E-state index contributed by atoms with van der Waals surface area (Å²) in [5.74, 6) is -4.05. The van der Waals surface area contributed by atoms with Crippen LogP contribution >= 0.6 is 0 Å². The Morgan fingerprint density at radius 3 is 2.71 bits per heavy atom. The normalized spacial score (nSPS) is 29.4. The molecular formula is C23H19FN4O6. The van der Waals surface area contributed by atoms with E-state index in [0.29, 0.717) is 24.2 Å². The molecule has 34 heavy (non-hydrogen) atoms. The van der Waals surface area contributed by atoms with Gasteiger partial charge in [-0.3, -0.25) is 29.4 Å². The number of nitrogens with zero attached hydrogens (tertiary/aromatic N) is 3. The highest BCUT2D eigenvalue weighted by Gasteiger charge is 2.74. The first-order valence-electron chi connectivity index (χ1n) is 10.9.